The number of rotatable bonds is 4. The summed E-state index contributed by atoms with van der Waals surface area (Å²) in [7, 11) is 1.45. The molecule has 1 aromatic heterocycles. The third-order valence-electron chi connectivity index (χ3n) is 2.52. The highest BCUT2D eigenvalue weighted by molar-refractivity contribution is 9.10. The van der Waals surface area contributed by atoms with Gasteiger partial charge in [0, 0.05) is 0 Å². The number of hydrogen-bond acceptors (Lipinski definition) is 7. The molecule has 0 fully saturated rings. The molecule has 110 valence electrons. The molecule has 0 saturated heterocycles. The van der Waals surface area contributed by atoms with Crippen molar-refractivity contribution in [3.63, 3.8) is 0 Å². The van der Waals surface area contributed by atoms with Gasteiger partial charge in [-0.2, -0.15) is 5.10 Å². The molecule has 0 saturated carbocycles. The van der Waals surface area contributed by atoms with Crippen LogP contribution in [0.25, 0.3) is 0 Å². The fourth-order valence-electron chi connectivity index (χ4n) is 1.44. The number of aryl methyl sites for hydroxylation is 1. The highest BCUT2D eigenvalue weighted by Gasteiger charge is 2.07. The molecular formula is C12H12BrN5O3. The van der Waals surface area contributed by atoms with E-state index in [9.17, 15) is 9.90 Å². The fraction of sp³-hybridized carbons (Fsp3) is 0.167. The number of anilines is 1. The Labute approximate surface area is 128 Å². The van der Waals surface area contributed by atoms with E-state index in [4.69, 9.17) is 4.74 Å². The number of hydrazone groups is 1. The van der Waals surface area contributed by atoms with E-state index in [1.165, 1.54) is 13.3 Å². The number of methoxy groups -OCH3 is 1. The molecule has 3 N–H and O–H groups in total. The summed E-state index contributed by atoms with van der Waals surface area (Å²) in [6.07, 6.45) is 1.48. The molecule has 0 radical (unpaired) electrons. The van der Waals surface area contributed by atoms with E-state index in [2.05, 4.69) is 41.6 Å². The van der Waals surface area contributed by atoms with Gasteiger partial charge in [0.05, 0.1) is 17.8 Å². The van der Waals surface area contributed by atoms with Gasteiger partial charge in [-0.1, -0.05) is 0 Å². The van der Waals surface area contributed by atoms with Crippen molar-refractivity contribution in [1.29, 1.82) is 0 Å². The topological polar surface area (TPSA) is 112 Å². The van der Waals surface area contributed by atoms with Crippen molar-refractivity contribution in [2.24, 2.45) is 5.10 Å². The molecule has 1 aromatic carbocycles. The lowest BCUT2D eigenvalue weighted by molar-refractivity contribution is 0.372. The molecule has 1 heterocycles. The summed E-state index contributed by atoms with van der Waals surface area (Å²) in [4.78, 5) is 13.8. The van der Waals surface area contributed by atoms with Gasteiger partial charge in [-0.3, -0.25) is 9.78 Å². The molecule has 21 heavy (non-hydrogen) atoms. The Morgan fingerprint density at radius 3 is 2.90 bits per heavy atom. The Kier molecular flexibility index (Phi) is 4.53. The zero-order chi connectivity index (χ0) is 15.4. The molecule has 0 amide bonds. The minimum atomic E-state index is -0.336. The number of H-pyrrole nitrogens is 1. The van der Waals surface area contributed by atoms with Crippen molar-refractivity contribution in [3.8, 4) is 11.5 Å². The number of aromatic hydroxyl groups is 1. The monoisotopic (exact) mass is 353 g/mol. The largest absolute Gasteiger partial charge is 0.503 e. The molecule has 0 unspecified atom stereocenters. The molecule has 0 aliphatic heterocycles. The predicted molar refractivity (Wildman–Crippen MR) is 81.0 cm³/mol. The number of nitrogens with zero attached hydrogens (tertiary/aromatic N) is 3. The number of aromatic nitrogens is 3. The second-order valence-corrected chi connectivity index (χ2v) is 4.87. The molecule has 0 bridgehead atoms. The van der Waals surface area contributed by atoms with Gasteiger partial charge in [-0.05, 0) is 40.5 Å². The standard InChI is InChI=1S/C12H12BrN5O3/c1-6-11(20)15-12(18-16-6)17-14-5-7-3-8(13)10(19)9(4-7)21-2/h3-5,19H,1-2H3,(H2,15,17,18,20)/b14-5-. The zero-order valence-corrected chi connectivity index (χ0v) is 12.8. The van der Waals surface area contributed by atoms with Crippen molar-refractivity contribution in [2.45, 2.75) is 6.92 Å². The number of benzene rings is 1. The Hall–Kier alpha value is -2.42. The van der Waals surface area contributed by atoms with Crippen molar-refractivity contribution in [2.75, 3.05) is 12.5 Å². The van der Waals surface area contributed by atoms with E-state index in [0.717, 1.165) is 0 Å². The molecular weight excluding hydrogens is 342 g/mol. The molecule has 2 rings (SSSR count). The molecule has 2 aromatic rings. The minimum Gasteiger partial charge on any atom is -0.503 e. The molecule has 0 aliphatic carbocycles. The number of phenolic OH excluding ortho intramolecular Hbond substituents is 1. The van der Waals surface area contributed by atoms with E-state index < -0.39 is 0 Å². The van der Waals surface area contributed by atoms with Crippen LogP contribution in [0.4, 0.5) is 5.95 Å². The lowest BCUT2D eigenvalue weighted by atomic mass is 10.2. The lowest BCUT2D eigenvalue weighted by Gasteiger charge is -2.06. The number of aromatic amines is 1. The van der Waals surface area contributed by atoms with Crippen LogP contribution in [0.5, 0.6) is 11.5 Å². The van der Waals surface area contributed by atoms with Crippen LogP contribution in [0.2, 0.25) is 0 Å². The summed E-state index contributed by atoms with van der Waals surface area (Å²) in [5.74, 6) is 0.456. The van der Waals surface area contributed by atoms with Crippen LogP contribution < -0.4 is 15.7 Å². The van der Waals surface area contributed by atoms with Gasteiger partial charge < -0.3 is 9.84 Å². The van der Waals surface area contributed by atoms with E-state index in [0.29, 0.717) is 15.8 Å². The van der Waals surface area contributed by atoms with Gasteiger partial charge >= 0.3 is 0 Å². The van der Waals surface area contributed by atoms with Gasteiger partial charge in [0.2, 0.25) is 5.95 Å². The summed E-state index contributed by atoms with van der Waals surface area (Å²) in [6.45, 7) is 1.55. The van der Waals surface area contributed by atoms with Crippen molar-refractivity contribution < 1.29 is 9.84 Å². The van der Waals surface area contributed by atoms with Crippen molar-refractivity contribution in [3.05, 3.63) is 38.2 Å². The lowest BCUT2D eigenvalue weighted by Crippen LogP contribution is -2.15. The minimum absolute atomic E-state index is 0.0105. The molecule has 9 heteroatoms. The Balaban J connectivity index is 2.16. The smallest absolute Gasteiger partial charge is 0.274 e. The number of phenols is 1. The number of nitrogens with one attached hydrogen (secondary N) is 2. The summed E-state index contributed by atoms with van der Waals surface area (Å²) >= 11 is 3.21. The number of halogens is 1. The first-order valence-corrected chi connectivity index (χ1v) is 6.59. The van der Waals surface area contributed by atoms with E-state index in [1.807, 2.05) is 0 Å². The zero-order valence-electron chi connectivity index (χ0n) is 11.2. The second kappa shape index (κ2) is 6.35. The normalized spacial score (nSPS) is 10.8. The third-order valence-corrected chi connectivity index (χ3v) is 3.12. The highest BCUT2D eigenvalue weighted by Crippen LogP contribution is 2.34. The Bertz CT molecular complexity index is 744. The van der Waals surface area contributed by atoms with Crippen LogP contribution in [0.1, 0.15) is 11.3 Å². The summed E-state index contributed by atoms with van der Waals surface area (Å²) in [5.41, 5.74) is 3.17. The number of hydrogen-bond donors (Lipinski definition) is 3. The van der Waals surface area contributed by atoms with Gasteiger partial charge in [-0.25, -0.2) is 5.43 Å². The van der Waals surface area contributed by atoms with Gasteiger partial charge in [0.1, 0.15) is 5.69 Å². The molecule has 0 atom stereocenters. The maximum atomic E-state index is 11.3. The maximum Gasteiger partial charge on any atom is 0.274 e. The van der Waals surface area contributed by atoms with Crippen LogP contribution in [0, 0.1) is 6.92 Å². The fourth-order valence-corrected chi connectivity index (χ4v) is 1.90. The Morgan fingerprint density at radius 2 is 2.24 bits per heavy atom. The molecule has 8 nitrogen and oxygen atoms in total. The van der Waals surface area contributed by atoms with E-state index >= 15 is 0 Å². The molecule has 0 spiro atoms. The van der Waals surface area contributed by atoms with Crippen LogP contribution in [0.15, 0.2) is 26.5 Å². The Morgan fingerprint density at radius 1 is 1.48 bits per heavy atom. The van der Waals surface area contributed by atoms with Crippen LogP contribution in [-0.4, -0.2) is 33.6 Å². The first-order chi connectivity index (χ1) is 10.0. The van der Waals surface area contributed by atoms with Crippen molar-refractivity contribution in [1.82, 2.24) is 15.2 Å². The predicted octanol–water partition coefficient (Wildman–Crippen LogP) is 1.40. The second-order valence-electron chi connectivity index (χ2n) is 4.01. The van der Waals surface area contributed by atoms with Gasteiger partial charge in [0.15, 0.2) is 11.5 Å². The SMILES string of the molecule is COc1cc(/C=N\Nc2nnc(C)c(=O)[nH]2)cc(Br)c1O. The summed E-state index contributed by atoms with van der Waals surface area (Å²) < 4.78 is 5.51. The van der Waals surface area contributed by atoms with Crippen LogP contribution in [-0.2, 0) is 0 Å². The van der Waals surface area contributed by atoms with E-state index in [1.54, 1.807) is 19.1 Å². The average Bonchev–Trinajstić information content (AvgIpc) is 2.46. The average molecular weight is 354 g/mol. The van der Waals surface area contributed by atoms with Crippen LogP contribution >= 0.6 is 15.9 Å². The quantitative estimate of drug-likeness (QED) is 0.565. The van der Waals surface area contributed by atoms with Crippen molar-refractivity contribution >= 4 is 28.1 Å². The maximum absolute atomic E-state index is 11.3. The summed E-state index contributed by atoms with van der Waals surface area (Å²) in [6, 6.07) is 3.27. The number of ether oxygens (including phenoxy) is 1. The van der Waals surface area contributed by atoms with Gasteiger partial charge in [-0.15, -0.1) is 10.2 Å². The van der Waals surface area contributed by atoms with E-state index in [-0.39, 0.29) is 23.0 Å². The molecule has 0 aliphatic rings. The first-order valence-electron chi connectivity index (χ1n) is 5.80. The first kappa shape index (κ1) is 15.0. The summed E-state index contributed by atoms with van der Waals surface area (Å²) in [5, 5.41) is 21.0. The van der Waals surface area contributed by atoms with Gasteiger partial charge in [0.25, 0.3) is 5.56 Å². The highest BCUT2D eigenvalue weighted by atomic mass is 79.9. The van der Waals surface area contributed by atoms with Crippen LogP contribution in [0.3, 0.4) is 0 Å². The third kappa shape index (κ3) is 3.57.